The van der Waals surface area contributed by atoms with E-state index in [1.165, 1.54) is 120 Å². The van der Waals surface area contributed by atoms with E-state index in [2.05, 4.69) is 240 Å². The van der Waals surface area contributed by atoms with Crippen LogP contribution in [0.2, 0.25) is 0 Å². The Morgan fingerprint density at radius 1 is 0.292 bits per heavy atom. The maximum atomic E-state index is 2.62. The number of hydrogen-bond donors (Lipinski definition) is 0. The van der Waals surface area contributed by atoms with Gasteiger partial charge in [-0.15, -0.1) is 0 Å². The summed E-state index contributed by atoms with van der Waals surface area (Å²) in [7, 11) is -3.00. The summed E-state index contributed by atoms with van der Waals surface area (Å²) < 4.78 is 5.02. The second kappa shape index (κ2) is 14.0. The van der Waals surface area contributed by atoms with Crippen molar-refractivity contribution in [3.8, 4) is 33.6 Å². The standard InChI is InChI=1S/C62H42N2Si/c1-5-17-45(18-6-1)63-57-27-15-13-25-51(57)53-35-31-43-37-41-29-33-49(39-55(41)59(43)61(53)63)65(47-21-9-3-10-22-47,48-23-11-4-12-24-48)50-34-30-42-38-44-32-36-54-52-26-14-16-28-58(52)64(46-19-7-2-8-20-46)62(54)60(44)56(42)40-50/h1-36,39-40H,37-38H2. The highest BCUT2D eigenvalue weighted by atomic mass is 28.3. The lowest BCUT2D eigenvalue weighted by Crippen LogP contribution is -2.74. The van der Waals surface area contributed by atoms with Crippen molar-refractivity contribution in [1.29, 1.82) is 0 Å². The maximum absolute atomic E-state index is 3.00. The molecule has 2 aromatic heterocycles. The van der Waals surface area contributed by atoms with Crippen LogP contribution in [0, 0.1) is 0 Å². The van der Waals surface area contributed by atoms with Crippen molar-refractivity contribution in [2.45, 2.75) is 12.8 Å². The van der Waals surface area contributed by atoms with Crippen LogP contribution in [0.15, 0.2) is 231 Å². The first-order valence-electron chi connectivity index (χ1n) is 22.9. The lowest BCUT2D eigenvalue weighted by molar-refractivity contribution is 1.18. The van der Waals surface area contributed by atoms with Crippen molar-refractivity contribution < 1.29 is 0 Å². The van der Waals surface area contributed by atoms with E-state index in [0.717, 1.165) is 12.8 Å². The first-order chi connectivity index (χ1) is 32.3. The molecule has 0 N–H and O–H groups in total. The molecule has 304 valence electrons. The maximum Gasteiger partial charge on any atom is 0.179 e. The molecule has 0 atom stereocenters. The highest BCUT2D eigenvalue weighted by Gasteiger charge is 2.43. The zero-order valence-electron chi connectivity index (χ0n) is 35.7. The number of benzene rings is 10. The summed E-state index contributed by atoms with van der Waals surface area (Å²) in [6.45, 7) is 0. The van der Waals surface area contributed by atoms with Crippen LogP contribution in [0.25, 0.3) is 77.2 Å². The monoisotopic (exact) mass is 842 g/mol. The number of para-hydroxylation sites is 4. The Kier molecular flexibility index (Phi) is 7.87. The van der Waals surface area contributed by atoms with Crippen LogP contribution >= 0.6 is 0 Å². The van der Waals surface area contributed by atoms with Crippen molar-refractivity contribution >= 4 is 72.4 Å². The molecule has 0 unspecified atom stereocenters. The van der Waals surface area contributed by atoms with Crippen LogP contribution in [-0.4, -0.2) is 17.2 Å². The van der Waals surface area contributed by atoms with Crippen LogP contribution in [0.4, 0.5) is 0 Å². The van der Waals surface area contributed by atoms with E-state index in [-0.39, 0.29) is 0 Å². The quantitative estimate of drug-likeness (QED) is 0.117. The van der Waals surface area contributed by atoms with Gasteiger partial charge in [0.05, 0.1) is 22.1 Å². The normalized spacial score (nSPS) is 12.8. The Morgan fingerprint density at radius 2 is 0.662 bits per heavy atom. The smallest absolute Gasteiger partial charge is 0.179 e. The number of fused-ring (bicyclic) bond motifs is 14. The van der Waals surface area contributed by atoms with Gasteiger partial charge in [-0.1, -0.05) is 194 Å². The fourth-order valence-corrected chi connectivity index (χ4v) is 16.7. The van der Waals surface area contributed by atoms with E-state index in [1.54, 1.807) is 0 Å². The molecule has 0 saturated carbocycles. The highest BCUT2D eigenvalue weighted by Crippen LogP contribution is 2.47. The molecule has 0 radical (unpaired) electrons. The third-order valence-corrected chi connectivity index (χ3v) is 19.4. The zero-order valence-corrected chi connectivity index (χ0v) is 36.7. The Bertz CT molecular complexity index is 3610. The summed E-state index contributed by atoms with van der Waals surface area (Å²) in [6.07, 6.45) is 1.84. The average molecular weight is 843 g/mol. The van der Waals surface area contributed by atoms with Gasteiger partial charge < -0.3 is 9.13 Å². The summed E-state index contributed by atoms with van der Waals surface area (Å²) in [5.41, 5.74) is 18.4. The van der Waals surface area contributed by atoms with Gasteiger partial charge in [0.1, 0.15) is 0 Å². The minimum absolute atomic E-state index is 0.920. The Labute approximate surface area is 378 Å². The zero-order chi connectivity index (χ0) is 42.6. The molecule has 2 nitrogen and oxygen atoms in total. The summed E-state index contributed by atoms with van der Waals surface area (Å²) in [5, 5.41) is 10.7. The summed E-state index contributed by atoms with van der Waals surface area (Å²) in [6, 6.07) is 87.3. The van der Waals surface area contributed by atoms with Gasteiger partial charge in [0.2, 0.25) is 0 Å². The van der Waals surface area contributed by atoms with Crippen molar-refractivity contribution in [3.63, 3.8) is 0 Å². The molecule has 10 aromatic carbocycles. The molecule has 2 aliphatic carbocycles. The molecule has 14 rings (SSSR count). The van der Waals surface area contributed by atoms with Crippen molar-refractivity contribution in [2.75, 3.05) is 0 Å². The molecule has 2 heterocycles. The number of hydrogen-bond acceptors (Lipinski definition) is 0. The van der Waals surface area contributed by atoms with Gasteiger partial charge in [0, 0.05) is 44.0 Å². The predicted octanol–water partition coefficient (Wildman–Crippen LogP) is 12.4. The third kappa shape index (κ3) is 5.16. The Balaban J connectivity index is 1.06. The molecular weight excluding hydrogens is 801 g/mol. The van der Waals surface area contributed by atoms with Crippen molar-refractivity contribution in [2.24, 2.45) is 0 Å². The molecule has 2 aliphatic rings. The first kappa shape index (κ1) is 36.5. The lowest BCUT2D eigenvalue weighted by Gasteiger charge is -2.35. The predicted molar refractivity (Wildman–Crippen MR) is 275 cm³/mol. The number of nitrogens with zero attached hydrogens (tertiary/aromatic N) is 2. The molecule has 65 heavy (non-hydrogen) atoms. The molecular formula is C62H42N2Si. The van der Waals surface area contributed by atoms with Gasteiger partial charge in [-0.2, -0.15) is 0 Å². The Hall–Kier alpha value is -7.98. The Morgan fingerprint density at radius 3 is 1.09 bits per heavy atom. The van der Waals surface area contributed by atoms with Gasteiger partial charge in [-0.25, -0.2) is 0 Å². The van der Waals surface area contributed by atoms with Crippen LogP contribution in [-0.2, 0) is 12.8 Å². The highest BCUT2D eigenvalue weighted by molar-refractivity contribution is 7.20. The van der Waals surface area contributed by atoms with E-state index in [0.29, 0.717) is 0 Å². The molecule has 0 spiro atoms. The fourth-order valence-electron chi connectivity index (χ4n) is 12.0. The minimum atomic E-state index is -3.00. The molecule has 0 bridgehead atoms. The molecule has 0 aliphatic heterocycles. The van der Waals surface area contributed by atoms with E-state index in [9.17, 15) is 0 Å². The van der Waals surface area contributed by atoms with Gasteiger partial charge in [-0.3, -0.25) is 0 Å². The molecule has 3 heteroatoms. The fraction of sp³-hybridized carbons (Fsp3) is 0.0323. The van der Waals surface area contributed by atoms with Crippen LogP contribution in [0.3, 0.4) is 0 Å². The average Bonchev–Trinajstić information content (AvgIpc) is 4.13. The molecule has 0 fully saturated rings. The van der Waals surface area contributed by atoms with E-state index in [4.69, 9.17) is 0 Å². The topological polar surface area (TPSA) is 9.86 Å². The third-order valence-electron chi connectivity index (χ3n) is 14.7. The summed E-state index contributed by atoms with van der Waals surface area (Å²) in [4.78, 5) is 0. The SMILES string of the molecule is c1ccc(-n2c3ccccc3c3ccc4c(c32)-c2cc([Si](c3ccccc3)(c3ccccc3)c3ccc5c(c3)-c3c(ccc6c7ccccc7n(-c7ccccc7)c36)C5)ccc2C4)cc1. The lowest BCUT2D eigenvalue weighted by atomic mass is 10.0. The molecule has 12 aromatic rings. The van der Waals surface area contributed by atoms with Gasteiger partial charge >= 0.3 is 0 Å². The van der Waals surface area contributed by atoms with Crippen LogP contribution in [0.1, 0.15) is 22.3 Å². The largest absolute Gasteiger partial charge is 0.309 e. The van der Waals surface area contributed by atoms with Gasteiger partial charge in [-0.05, 0) is 103 Å². The molecule has 0 amide bonds. The van der Waals surface area contributed by atoms with Crippen LogP contribution in [0.5, 0.6) is 0 Å². The first-order valence-corrected chi connectivity index (χ1v) is 24.9. The van der Waals surface area contributed by atoms with Crippen molar-refractivity contribution in [3.05, 3.63) is 253 Å². The van der Waals surface area contributed by atoms with Crippen molar-refractivity contribution in [1.82, 2.24) is 9.13 Å². The second-order valence-corrected chi connectivity index (χ2v) is 21.8. The van der Waals surface area contributed by atoms with E-state index in [1.807, 2.05) is 0 Å². The minimum Gasteiger partial charge on any atom is -0.309 e. The second-order valence-electron chi connectivity index (χ2n) is 17.9. The number of rotatable bonds is 6. The van der Waals surface area contributed by atoms with Gasteiger partial charge in [0.15, 0.2) is 8.07 Å². The molecule has 0 saturated heterocycles. The van der Waals surface area contributed by atoms with Gasteiger partial charge in [0.25, 0.3) is 0 Å². The van der Waals surface area contributed by atoms with Crippen LogP contribution < -0.4 is 20.7 Å². The van der Waals surface area contributed by atoms with E-state index < -0.39 is 8.07 Å². The number of aromatic nitrogens is 2. The van der Waals surface area contributed by atoms with E-state index >= 15 is 0 Å². The summed E-state index contributed by atoms with van der Waals surface area (Å²) in [5.74, 6) is 0. The summed E-state index contributed by atoms with van der Waals surface area (Å²) >= 11 is 0.